The number of hydrogen-bond acceptors (Lipinski definition) is 5. The van der Waals surface area contributed by atoms with Gasteiger partial charge < -0.3 is 19.5 Å². The van der Waals surface area contributed by atoms with Gasteiger partial charge in [-0.15, -0.1) is 0 Å². The van der Waals surface area contributed by atoms with Gasteiger partial charge in [0.1, 0.15) is 12.7 Å². The summed E-state index contributed by atoms with van der Waals surface area (Å²) in [7, 11) is 1.66. The number of nitrogens with zero attached hydrogens (tertiary/aromatic N) is 2. The Morgan fingerprint density at radius 3 is 2.43 bits per heavy atom. The van der Waals surface area contributed by atoms with Crippen LogP contribution in [-0.4, -0.2) is 67.5 Å². The van der Waals surface area contributed by atoms with E-state index in [4.69, 9.17) is 9.47 Å². The molecule has 2 fully saturated rings. The number of methoxy groups -OCH3 is 1. The highest BCUT2D eigenvalue weighted by atomic mass is 16.5. The molecule has 1 aromatic carbocycles. The molecule has 0 radical (unpaired) electrons. The van der Waals surface area contributed by atoms with Gasteiger partial charge in [-0.1, -0.05) is 6.07 Å². The predicted molar refractivity (Wildman–Crippen MR) is 90.1 cm³/mol. The van der Waals surface area contributed by atoms with E-state index < -0.39 is 6.10 Å². The Kier molecular flexibility index (Phi) is 5.75. The normalized spacial score (nSPS) is 20.3. The molecule has 0 aromatic heterocycles. The molecule has 23 heavy (non-hydrogen) atoms. The van der Waals surface area contributed by atoms with Crippen LogP contribution in [0.25, 0.3) is 0 Å². The van der Waals surface area contributed by atoms with Gasteiger partial charge in [-0.2, -0.15) is 0 Å². The van der Waals surface area contributed by atoms with Gasteiger partial charge in [0, 0.05) is 13.1 Å². The van der Waals surface area contributed by atoms with Crippen LogP contribution in [0.4, 0.5) is 0 Å². The highest BCUT2D eigenvalue weighted by Crippen LogP contribution is 2.29. The largest absolute Gasteiger partial charge is 0.493 e. The zero-order valence-electron chi connectivity index (χ0n) is 14.0. The number of ether oxygens (including phenoxy) is 2. The first-order chi connectivity index (χ1) is 11.2. The molecule has 0 spiro atoms. The van der Waals surface area contributed by atoms with E-state index in [1.54, 1.807) is 7.11 Å². The molecule has 0 amide bonds. The van der Waals surface area contributed by atoms with Gasteiger partial charge in [0.05, 0.1) is 7.11 Å². The Morgan fingerprint density at radius 2 is 1.78 bits per heavy atom. The van der Waals surface area contributed by atoms with Crippen molar-refractivity contribution in [3.05, 3.63) is 23.8 Å². The van der Waals surface area contributed by atoms with Crippen molar-refractivity contribution in [2.24, 2.45) is 0 Å². The van der Waals surface area contributed by atoms with E-state index in [1.807, 2.05) is 12.1 Å². The zero-order valence-corrected chi connectivity index (χ0v) is 14.0. The van der Waals surface area contributed by atoms with Crippen LogP contribution in [0.5, 0.6) is 11.5 Å². The Balaban J connectivity index is 1.51. The molecule has 2 saturated heterocycles. The molecule has 5 nitrogen and oxygen atoms in total. The molecule has 128 valence electrons. The summed E-state index contributed by atoms with van der Waals surface area (Å²) in [6, 6.07) is 6.08. The highest BCUT2D eigenvalue weighted by molar-refractivity contribution is 5.43. The average Bonchev–Trinajstić information content (AvgIpc) is 3.02. The molecular formula is C18H28N2O3. The summed E-state index contributed by atoms with van der Waals surface area (Å²) < 4.78 is 11.2. The second-order valence-electron chi connectivity index (χ2n) is 6.59. The Bertz CT molecular complexity index is 499. The van der Waals surface area contributed by atoms with Crippen LogP contribution in [0.3, 0.4) is 0 Å². The number of hydrogen-bond donors (Lipinski definition) is 1. The van der Waals surface area contributed by atoms with Crippen molar-refractivity contribution < 1.29 is 14.6 Å². The van der Waals surface area contributed by atoms with Gasteiger partial charge in [-0.3, -0.25) is 4.90 Å². The van der Waals surface area contributed by atoms with Crippen molar-refractivity contribution in [1.82, 2.24) is 9.80 Å². The number of rotatable bonds is 8. The quantitative estimate of drug-likeness (QED) is 0.790. The van der Waals surface area contributed by atoms with Crippen LogP contribution >= 0.6 is 0 Å². The lowest BCUT2D eigenvalue weighted by Crippen LogP contribution is -2.36. The van der Waals surface area contributed by atoms with Crippen molar-refractivity contribution in [2.45, 2.75) is 31.9 Å². The van der Waals surface area contributed by atoms with Gasteiger partial charge >= 0.3 is 0 Å². The molecule has 1 atom stereocenters. The number of benzene rings is 1. The molecule has 1 aromatic rings. The van der Waals surface area contributed by atoms with Gasteiger partial charge in [-0.25, -0.2) is 0 Å². The standard InChI is InChI=1S/C18H28N2O3/c1-22-18-11-15(12-19-9-4-10-19)5-6-17(18)23-14-16(21)13-20-7-2-3-8-20/h5-6,11,16,21H,2-4,7-10,12-14H2,1H3/t16-/m0/s1. The van der Waals surface area contributed by atoms with Crippen molar-refractivity contribution in [2.75, 3.05) is 46.4 Å². The monoisotopic (exact) mass is 320 g/mol. The van der Waals surface area contributed by atoms with Gasteiger partial charge in [0.25, 0.3) is 0 Å². The first kappa shape index (κ1) is 16.6. The fraction of sp³-hybridized carbons (Fsp3) is 0.667. The van der Waals surface area contributed by atoms with E-state index in [9.17, 15) is 5.11 Å². The smallest absolute Gasteiger partial charge is 0.161 e. The molecule has 0 unspecified atom stereocenters. The lowest BCUT2D eigenvalue weighted by atomic mass is 10.1. The number of aliphatic hydroxyl groups is 1. The second-order valence-corrected chi connectivity index (χ2v) is 6.59. The summed E-state index contributed by atoms with van der Waals surface area (Å²) in [5, 5.41) is 10.1. The summed E-state index contributed by atoms with van der Waals surface area (Å²) in [5.41, 5.74) is 1.24. The van der Waals surface area contributed by atoms with Crippen LogP contribution in [-0.2, 0) is 6.54 Å². The average molecular weight is 320 g/mol. The maximum Gasteiger partial charge on any atom is 0.161 e. The number of aliphatic hydroxyl groups excluding tert-OH is 1. The molecule has 2 aliphatic heterocycles. The third kappa shape index (κ3) is 4.59. The highest BCUT2D eigenvalue weighted by Gasteiger charge is 2.18. The minimum absolute atomic E-state index is 0.304. The molecule has 0 saturated carbocycles. The maximum atomic E-state index is 10.1. The number of β-amino-alcohol motifs (C(OH)–C–C–N with tert-alkyl or cyclic N) is 1. The first-order valence-electron chi connectivity index (χ1n) is 8.67. The summed E-state index contributed by atoms with van der Waals surface area (Å²) in [6.45, 7) is 6.51. The Morgan fingerprint density at radius 1 is 1.04 bits per heavy atom. The lowest BCUT2D eigenvalue weighted by molar-refractivity contribution is 0.0747. The Hall–Kier alpha value is -1.30. The van der Waals surface area contributed by atoms with Crippen molar-refractivity contribution in [3.63, 3.8) is 0 Å². The van der Waals surface area contributed by atoms with Crippen LogP contribution in [0.15, 0.2) is 18.2 Å². The summed E-state index contributed by atoms with van der Waals surface area (Å²) in [5.74, 6) is 1.46. The third-order valence-electron chi connectivity index (χ3n) is 4.68. The topological polar surface area (TPSA) is 45.2 Å². The van der Waals surface area contributed by atoms with Crippen molar-refractivity contribution >= 4 is 0 Å². The van der Waals surface area contributed by atoms with Gasteiger partial charge in [-0.05, 0) is 63.1 Å². The molecule has 0 aliphatic carbocycles. The van der Waals surface area contributed by atoms with E-state index in [2.05, 4.69) is 15.9 Å². The third-order valence-corrected chi connectivity index (χ3v) is 4.68. The van der Waals surface area contributed by atoms with Crippen LogP contribution in [0.2, 0.25) is 0 Å². The van der Waals surface area contributed by atoms with E-state index in [0.29, 0.717) is 18.9 Å². The molecule has 0 bridgehead atoms. The SMILES string of the molecule is COc1cc(CN2CCC2)ccc1OC[C@@H](O)CN1CCCC1. The fourth-order valence-corrected chi connectivity index (χ4v) is 3.23. The lowest BCUT2D eigenvalue weighted by Gasteiger charge is -2.30. The molecule has 2 heterocycles. The Labute approximate surface area is 138 Å². The van der Waals surface area contributed by atoms with Gasteiger partial charge in [0.15, 0.2) is 11.5 Å². The van der Waals surface area contributed by atoms with E-state index >= 15 is 0 Å². The molecule has 3 rings (SSSR count). The minimum atomic E-state index is -0.460. The predicted octanol–water partition coefficient (Wildman–Crippen LogP) is 1.74. The summed E-state index contributed by atoms with van der Waals surface area (Å²) in [6.07, 6.45) is 3.31. The van der Waals surface area contributed by atoms with Gasteiger partial charge in [0.2, 0.25) is 0 Å². The maximum absolute atomic E-state index is 10.1. The van der Waals surface area contributed by atoms with Crippen LogP contribution < -0.4 is 9.47 Å². The van der Waals surface area contributed by atoms with Crippen molar-refractivity contribution in [3.8, 4) is 11.5 Å². The fourth-order valence-electron chi connectivity index (χ4n) is 3.23. The molecule has 2 aliphatic rings. The minimum Gasteiger partial charge on any atom is -0.493 e. The van der Waals surface area contributed by atoms with Crippen LogP contribution in [0, 0.1) is 0 Å². The number of likely N-dealkylation sites (tertiary alicyclic amines) is 2. The zero-order chi connectivity index (χ0) is 16.1. The summed E-state index contributed by atoms with van der Waals surface area (Å²) >= 11 is 0. The van der Waals surface area contributed by atoms with E-state index in [-0.39, 0.29) is 0 Å². The summed E-state index contributed by atoms with van der Waals surface area (Å²) in [4.78, 5) is 4.70. The second kappa shape index (κ2) is 7.99. The molecule has 5 heteroatoms. The van der Waals surface area contributed by atoms with E-state index in [0.717, 1.165) is 25.4 Å². The molecule has 1 N–H and O–H groups in total. The van der Waals surface area contributed by atoms with Crippen molar-refractivity contribution in [1.29, 1.82) is 0 Å². The molecular weight excluding hydrogens is 292 g/mol. The van der Waals surface area contributed by atoms with E-state index in [1.165, 1.54) is 37.9 Å². The van der Waals surface area contributed by atoms with Crippen LogP contribution in [0.1, 0.15) is 24.8 Å². The first-order valence-corrected chi connectivity index (χ1v) is 8.67.